The number of aromatic amines is 1. The van der Waals surface area contributed by atoms with Crippen LogP contribution >= 0.6 is 11.3 Å². The zero-order chi connectivity index (χ0) is 19.3. The first-order valence-electron chi connectivity index (χ1n) is 9.18. The molecule has 1 aliphatic rings. The standard InChI is InChI=1S/C18H19N9S/c1-4-12-18-25-22-8-26(18)13-7-19-16(23-17(13)27(12)10(2)3)15-14(20-9-28-15)11-5-6-21-24-11/h5-10,12H,4H2,1-3H3,(H,21,24). The Hall–Kier alpha value is -3.14. The van der Waals surface area contributed by atoms with Crippen LogP contribution in [0.3, 0.4) is 0 Å². The topological polar surface area (TPSA) is 101 Å². The number of H-pyrrole nitrogens is 1. The summed E-state index contributed by atoms with van der Waals surface area (Å²) in [6, 6.07) is 2.27. The van der Waals surface area contributed by atoms with Gasteiger partial charge in [0.15, 0.2) is 17.5 Å². The molecule has 0 aliphatic carbocycles. The van der Waals surface area contributed by atoms with Gasteiger partial charge in [-0.3, -0.25) is 9.67 Å². The van der Waals surface area contributed by atoms with Crippen molar-refractivity contribution in [2.45, 2.75) is 39.3 Å². The second kappa shape index (κ2) is 6.48. The fourth-order valence-electron chi connectivity index (χ4n) is 3.73. The van der Waals surface area contributed by atoms with Crippen molar-refractivity contribution in [1.82, 2.24) is 39.9 Å². The predicted octanol–water partition coefficient (Wildman–Crippen LogP) is 3.25. The van der Waals surface area contributed by atoms with Crippen LogP contribution in [0.15, 0.2) is 30.3 Å². The molecule has 28 heavy (non-hydrogen) atoms. The van der Waals surface area contributed by atoms with Crippen molar-refractivity contribution in [2.75, 3.05) is 4.90 Å². The molecule has 9 nitrogen and oxygen atoms in total. The number of hydrogen-bond acceptors (Lipinski definition) is 8. The van der Waals surface area contributed by atoms with Gasteiger partial charge in [-0.25, -0.2) is 15.0 Å². The number of rotatable bonds is 4. The molecule has 0 spiro atoms. The molecule has 0 radical (unpaired) electrons. The van der Waals surface area contributed by atoms with E-state index in [4.69, 9.17) is 4.98 Å². The monoisotopic (exact) mass is 393 g/mol. The number of thiazole rings is 1. The third-order valence-electron chi connectivity index (χ3n) is 4.93. The van der Waals surface area contributed by atoms with Gasteiger partial charge in [0.05, 0.1) is 23.4 Å². The third kappa shape index (κ3) is 2.44. The van der Waals surface area contributed by atoms with Crippen LogP contribution in [0.25, 0.3) is 27.8 Å². The van der Waals surface area contributed by atoms with Crippen LogP contribution in [0.1, 0.15) is 39.1 Å². The molecule has 0 saturated heterocycles. The number of fused-ring (bicyclic) bond motifs is 3. The summed E-state index contributed by atoms with van der Waals surface area (Å²) in [6.07, 6.45) is 6.21. The molecule has 142 valence electrons. The lowest BCUT2D eigenvalue weighted by molar-refractivity contribution is 0.497. The summed E-state index contributed by atoms with van der Waals surface area (Å²) in [5.74, 6) is 2.47. The van der Waals surface area contributed by atoms with Crippen LogP contribution in [-0.4, -0.2) is 46.0 Å². The van der Waals surface area contributed by atoms with Gasteiger partial charge < -0.3 is 4.90 Å². The number of hydrogen-bond donors (Lipinski definition) is 1. The highest BCUT2D eigenvalue weighted by Crippen LogP contribution is 2.41. The lowest BCUT2D eigenvalue weighted by atomic mass is 10.1. The van der Waals surface area contributed by atoms with E-state index >= 15 is 0 Å². The molecule has 10 heteroatoms. The zero-order valence-electron chi connectivity index (χ0n) is 15.7. The molecule has 0 fully saturated rings. The Bertz CT molecular complexity index is 1110. The van der Waals surface area contributed by atoms with Crippen molar-refractivity contribution >= 4 is 17.2 Å². The van der Waals surface area contributed by atoms with E-state index in [9.17, 15) is 0 Å². The second-order valence-electron chi connectivity index (χ2n) is 6.89. The summed E-state index contributed by atoms with van der Waals surface area (Å²) >= 11 is 1.52. The Labute approximate surface area is 165 Å². The Kier molecular flexibility index (Phi) is 3.93. The van der Waals surface area contributed by atoms with Gasteiger partial charge in [0.2, 0.25) is 0 Å². The molecule has 0 bridgehead atoms. The largest absolute Gasteiger partial charge is 0.342 e. The van der Waals surface area contributed by atoms with E-state index in [1.807, 2.05) is 16.8 Å². The maximum absolute atomic E-state index is 4.98. The number of nitrogens with zero attached hydrogens (tertiary/aromatic N) is 8. The minimum absolute atomic E-state index is 0.117. The number of anilines is 1. The quantitative estimate of drug-likeness (QED) is 0.568. The lowest BCUT2D eigenvalue weighted by Gasteiger charge is -2.39. The molecule has 1 unspecified atom stereocenters. The van der Waals surface area contributed by atoms with Gasteiger partial charge in [0.1, 0.15) is 22.6 Å². The first-order valence-corrected chi connectivity index (χ1v) is 10.1. The van der Waals surface area contributed by atoms with Gasteiger partial charge >= 0.3 is 0 Å². The predicted molar refractivity (Wildman–Crippen MR) is 106 cm³/mol. The molecule has 4 aromatic heterocycles. The highest BCUT2D eigenvalue weighted by atomic mass is 32.1. The molecule has 0 saturated carbocycles. The first-order chi connectivity index (χ1) is 13.7. The summed E-state index contributed by atoms with van der Waals surface area (Å²) < 4.78 is 1.99. The molecular weight excluding hydrogens is 374 g/mol. The zero-order valence-corrected chi connectivity index (χ0v) is 16.6. The molecule has 5 heterocycles. The fraction of sp³-hybridized carbons (Fsp3) is 0.333. The van der Waals surface area contributed by atoms with E-state index in [2.05, 4.69) is 56.0 Å². The van der Waals surface area contributed by atoms with Gasteiger partial charge in [0, 0.05) is 12.2 Å². The molecule has 1 N–H and O–H groups in total. The molecule has 0 aromatic carbocycles. The molecule has 1 atom stereocenters. The third-order valence-corrected chi connectivity index (χ3v) is 5.75. The van der Waals surface area contributed by atoms with Crippen molar-refractivity contribution in [3.8, 4) is 27.8 Å². The van der Waals surface area contributed by atoms with E-state index in [-0.39, 0.29) is 12.1 Å². The van der Waals surface area contributed by atoms with Gasteiger partial charge in [-0.2, -0.15) is 5.10 Å². The van der Waals surface area contributed by atoms with Crippen molar-refractivity contribution < 1.29 is 0 Å². The Morgan fingerprint density at radius 3 is 2.93 bits per heavy atom. The van der Waals surface area contributed by atoms with Crippen molar-refractivity contribution in [1.29, 1.82) is 0 Å². The van der Waals surface area contributed by atoms with Gasteiger partial charge in [-0.15, -0.1) is 21.5 Å². The smallest absolute Gasteiger partial charge is 0.174 e. The van der Waals surface area contributed by atoms with E-state index in [0.717, 1.165) is 40.0 Å². The van der Waals surface area contributed by atoms with E-state index in [1.165, 1.54) is 11.3 Å². The van der Waals surface area contributed by atoms with Crippen LogP contribution in [0.4, 0.5) is 5.82 Å². The summed E-state index contributed by atoms with van der Waals surface area (Å²) in [6.45, 7) is 6.50. The lowest BCUT2D eigenvalue weighted by Crippen LogP contribution is -2.40. The molecule has 1 aliphatic heterocycles. The van der Waals surface area contributed by atoms with Crippen LogP contribution in [-0.2, 0) is 0 Å². The normalized spacial score (nSPS) is 15.7. The van der Waals surface area contributed by atoms with E-state index in [1.54, 1.807) is 18.0 Å². The minimum Gasteiger partial charge on any atom is -0.342 e. The van der Waals surface area contributed by atoms with Gasteiger partial charge in [-0.1, -0.05) is 6.92 Å². The number of nitrogens with one attached hydrogen (secondary N) is 1. The highest BCUT2D eigenvalue weighted by Gasteiger charge is 2.35. The SMILES string of the molecule is CCC1c2nncn2-c2cnc(-c3scnc3-c3ccn[nH]3)nc2N1C(C)C. The van der Waals surface area contributed by atoms with Gasteiger partial charge in [0.25, 0.3) is 0 Å². The molecule has 4 aromatic rings. The van der Waals surface area contributed by atoms with Crippen molar-refractivity contribution in [3.63, 3.8) is 0 Å². The fourth-order valence-corrected chi connectivity index (χ4v) is 4.47. The molecular formula is C18H19N9S. The van der Waals surface area contributed by atoms with E-state index in [0.29, 0.717) is 5.82 Å². The minimum atomic E-state index is 0.117. The number of aromatic nitrogens is 8. The average Bonchev–Trinajstić information content (AvgIpc) is 3.46. The van der Waals surface area contributed by atoms with Gasteiger partial charge in [-0.05, 0) is 26.3 Å². The van der Waals surface area contributed by atoms with Crippen LogP contribution in [0.5, 0.6) is 0 Å². The van der Waals surface area contributed by atoms with Crippen molar-refractivity contribution in [2.24, 2.45) is 0 Å². The molecule has 0 amide bonds. The Morgan fingerprint density at radius 1 is 1.29 bits per heavy atom. The maximum Gasteiger partial charge on any atom is 0.174 e. The summed E-state index contributed by atoms with van der Waals surface area (Å²) in [5.41, 5.74) is 4.37. The molecule has 5 rings (SSSR count). The van der Waals surface area contributed by atoms with Crippen LogP contribution in [0.2, 0.25) is 0 Å². The Balaban J connectivity index is 1.69. The van der Waals surface area contributed by atoms with Crippen molar-refractivity contribution in [3.05, 3.63) is 36.1 Å². The Morgan fingerprint density at radius 2 is 2.18 bits per heavy atom. The highest BCUT2D eigenvalue weighted by molar-refractivity contribution is 7.13. The van der Waals surface area contributed by atoms with E-state index < -0.39 is 0 Å². The van der Waals surface area contributed by atoms with Crippen LogP contribution in [0, 0.1) is 0 Å². The summed E-state index contributed by atoms with van der Waals surface area (Å²) in [5, 5.41) is 15.5. The van der Waals surface area contributed by atoms with Crippen LogP contribution < -0.4 is 4.90 Å². The first kappa shape index (κ1) is 17.0. The average molecular weight is 393 g/mol. The summed E-state index contributed by atoms with van der Waals surface area (Å²) in [7, 11) is 0. The second-order valence-corrected chi connectivity index (χ2v) is 7.74. The maximum atomic E-state index is 4.98. The summed E-state index contributed by atoms with van der Waals surface area (Å²) in [4.78, 5) is 17.3.